The van der Waals surface area contributed by atoms with Gasteiger partial charge >= 0.3 is 0 Å². The second kappa shape index (κ2) is 8.30. The molecule has 27 heavy (non-hydrogen) atoms. The second-order valence-corrected chi connectivity index (χ2v) is 6.74. The molecular weight excluding hydrogens is 356 g/mol. The monoisotopic (exact) mass is 374 g/mol. The maximum atomic E-state index is 12.4. The fraction of sp³-hybridized carbons (Fsp3) is 0.0952. The number of ketones is 1. The van der Waals surface area contributed by atoms with Crippen molar-refractivity contribution >= 4 is 28.6 Å². The number of rotatable bonds is 5. The molecule has 0 bridgehead atoms. The number of aryl methyl sites for hydroxylation is 1. The first-order valence-electron chi connectivity index (χ1n) is 8.26. The predicted molar refractivity (Wildman–Crippen MR) is 110 cm³/mol. The van der Waals surface area contributed by atoms with Crippen LogP contribution in [-0.4, -0.2) is 23.1 Å². The summed E-state index contributed by atoms with van der Waals surface area (Å²) < 4.78 is 0. The van der Waals surface area contributed by atoms with Crippen LogP contribution in [0.15, 0.2) is 54.0 Å². The number of amidine groups is 1. The fourth-order valence-corrected chi connectivity index (χ4v) is 3.10. The average Bonchev–Trinajstić information content (AvgIpc) is 3.20. The van der Waals surface area contributed by atoms with Gasteiger partial charge in [0.25, 0.3) is 0 Å². The Bertz CT molecular complexity index is 1030. The molecule has 3 aromatic rings. The van der Waals surface area contributed by atoms with E-state index in [2.05, 4.69) is 22.1 Å². The first kappa shape index (κ1) is 18.4. The van der Waals surface area contributed by atoms with Gasteiger partial charge in [0.15, 0.2) is 5.01 Å². The van der Waals surface area contributed by atoms with Gasteiger partial charge in [-0.2, -0.15) is 0 Å². The van der Waals surface area contributed by atoms with Crippen molar-refractivity contribution in [2.45, 2.75) is 6.92 Å². The van der Waals surface area contributed by atoms with Crippen molar-refractivity contribution in [3.05, 3.63) is 81.3 Å². The summed E-state index contributed by atoms with van der Waals surface area (Å²) in [5.41, 5.74) is 9.43. The quantitative estimate of drug-likeness (QED) is 0.276. The highest BCUT2D eigenvalue weighted by Crippen LogP contribution is 2.17. The van der Waals surface area contributed by atoms with Crippen molar-refractivity contribution in [2.24, 2.45) is 5.73 Å². The second-order valence-electron chi connectivity index (χ2n) is 5.84. The van der Waals surface area contributed by atoms with Gasteiger partial charge in [0.1, 0.15) is 5.84 Å². The van der Waals surface area contributed by atoms with E-state index in [0.29, 0.717) is 22.7 Å². The summed E-state index contributed by atoms with van der Waals surface area (Å²) in [6.07, 6.45) is 1.63. The minimum atomic E-state index is -0.0577. The van der Waals surface area contributed by atoms with Gasteiger partial charge in [-0.1, -0.05) is 11.8 Å². The number of carbonyl (C=O) groups excluding carboxylic acids is 1. The van der Waals surface area contributed by atoms with Crippen LogP contribution >= 0.6 is 11.3 Å². The molecule has 0 aliphatic heterocycles. The van der Waals surface area contributed by atoms with Crippen LogP contribution in [0.4, 0.5) is 5.69 Å². The van der Waals surface area contributed by atoms with E-state index in [0.717, 1.165) is 16.8 Å². The smallest absolute Gasteiger partial charge is 0.221 e. The number of aromatic nitrogens is 1. The van der Waals surface area contributed by atoms with Crippen LogP contribution < -0.4 is 11.1 Å². The maximum absolute atomic E-state index is 12.4. The Hall–Kier alpha value is -3.43. The fourth-order valence-electron chi connectivity index (χ4n) is 2.51. The van der Waals surface area contributed by atoms with Gasteiger partial charge in [-0.3, -0.25) is 10.2 Å². The topological polar surface area (TPSA) is 91.9 Å². The number of benzene rings is 2. The van der Waals surface area contributed by atoms with E-state index in [4.69, 9.17) is 11.1 Å². The molecule has 0 saturated heterocycles. The van der Waals surface area contributed by atoms with E-state index < -0.39 is 0 Å². The minimum Gasteiger partial charge on any atom is -0.384 e. The van der Waals surface area contributed by atoms with Crippen LogP contribution in [0.2, 0.25) is 0 Å². The molecule has 0 unspecified atom stereocenters. The molecule has 134 valence electrons. The molecule has 0 amide bonds. The Labute approximate surface area is 161 Å². The highest BCUT2D eigenvalue weighted by molar-refractivity contribution is 7.11. The average molecular weight is 374 g/mol. The van der Waals surface area contributed by atoms with Crippen LogP contribution in [0.5, 0.6) is 0 Å². The first-order chi connectivity index (χ1) is 13.0. The Morgan fingerprint density at radius 1 is 1.26 bits per heavy atom. The van der Waals surface area contributed by atoms with Crippen LogP contribution in [-0.2, 0) is 0 Å². The summed E-state index contributed by atoms with van der Waals surface area (Å²) in [6.45, 7) is 2.39. The van der Waals surface area contributed by atoms with Crippen molar-refractivity contribution in [2.75, 3.05) is 11.9 Å². The van der Waals surface area contributed by atoms with Gasteiger partial charge in [0, 0.05) is 34.0 Å². The molecule has 6 heteroatoms. The largest absolute Gasteiger partial charge is 0.384 e. The highest BCUT2D eigenvalue weighted by Gasteiger charge is 2.13. The Morgan fingerprint density at radius 3 is 2.67 bits per heavy atom. The maximum Gasteiger partial charge on any atom is 0.221 e. The molecule has 1 heterocycles. The zero-order chi connectivity index (χ0) is 19.2. The first-order valence-corrected chi connectivity index (χ1v) is 9.14. The molecule has 3 rings (SSSR count). The Balaban J connectivity index is 1.62. The molecule has 0 aliphatic carbocycles. The van der Waals surface area contributed by atoms with E-state index in [1.165, 1.54) is 11.3 Å². The third kappa shape index (κ3) is 4.60. The molecular formula is C21H18N4OS. The molecule has 0 radical (unpaired) electrons. The van der Waals surface area contributed by atoms with E-state index in [1.807, 2.05) is 31.2 Å². The lowest BCUT2D eigenvalue weighted by Gasteiger charge is -2.04. The number of anilines is 1. The van der Waals surface area contributed by atoms with Crippen molar-refractivity contribution in [1.82, 2.24) is 4.98 Å². The lowest BCUT2D eigenvalue weighted by Crippen LogP contribution is -2.10. The SMILES string of the molecule is Cc1cc(C#CCNc2ccc(C(=N)N)cc2)ccc1C(=O)c1nccs1. The molecule has 5 nitrogen and oxygen atoms in total. The third-order valence-corrected chi connectivity index (χ3v) is 4.68. The molecule has 0 atom stereocenters. The number of nitrogens with one attached hydrogen (secondary N) is 2. The Kier molecular flexibility index (Phi) is 5.64. The van der Waals surface area contributed by atoms with E-state index in [9.17, 15) is 4.79 Å². The lowest BCUT2D eigenvalue weighted by molar-refractivity contribution is 0.103. The van der Waals surface area contributed by atoms with Gasteiger partial charge in [0.05, 0.1) is 6.54 Å². The number of thiazole rings is 1. The summed E-state index contributed by atoms with van der Waals surface area (Å²) in [5, 5.41) is 12.9. The van der Waals surface area contributed by atoms with Crippen LogP contribution in [0.3, 0.4) is 0 Å². The number of carbonyl (C=O) groups is 1. The standard InChI is InChI=1S/C21H18N4OS/c1-14-13-15(4-9-18(14)19(26)21-25-11-12-27-21)3-2-10-24-17-7-5-16(6-8-17)20(22)23/h4-9,11-13,24H,10H2,1H3,(H3,22,23). The zero-order valence-electron chi connectivity index (χ0n) is 14.7. The lowest BCUT2D eigenvalue weighted by atomic mass is 10.0. The van der Waals surface area contributed by atoms with Crippen LogP contribution in [0, 0.1) is 24.2 Å². The van der Waals surface area contributed by atoms with Crippen LogP contribution in [0.1, 0.15) is 32.1 Å². The van der Waals surface area contributed by atoms with Gasteiger partial charge in [-0.15, -0.1) is 11.3 Å². The van der Waals surface area contributed by atoms with Crippen molar-refractivity contribution in [3.63, 3.8) is 0 Å². The molecule has 0 saturated carbocycles. The van der Waals surface area contributed by atoms with Crippen LogP contribution in [0.25, 0.3) is 0 Å². The molecule has 2 aromatic carbocycles. The summed E-state index contributed by atoms with van der Waals surface area (Å²) in [6, 6.07) is 12.9. The highest BCUT2D eigenvalue weighted by atomic mass is 32.1. The third-order valence-electron chi connectivity index (χ3n) is 3.91. The summed E-state index contributed by atoms with van der Waals surface area (Å²) in [5.74, 6) is 6.15. The molecule has 0 fully saturated rings. The van der Waals surface area contributed by atoms with Gasteiger partial charge in [0.2, 0.25) is 5.78 Å². The summed E-state index contributed by atoms with van der Waals surface area (Å²) in [7, 11) is 0. The number of nitrogens with two attached hydrogens (primary N) is 1. The van der Waals surface area contributed by atoms with Gasteiger partial charge < -0.3 is 11.1 Å². The summed E-state index contributed by atoms with van der Waals surface area (Å²) in [4.78, 5) is 16.5. The molecule has 1 aromatic heterocycles. The van der Waals surface area contributed by atoms with Crippen molar-refractivity contribution in [1.29, 1.82) is 5.41 Å². The minimum absolute atomic E-state index is 0.0495. The number of hydrogen-bond donors (Lipinski definition) is 3. The van der Waals surface area contributed by atoms with Gasteiger partial charge in [-0.25, -0.2) is 4.98 Å². The van der Waals surface area contributed by atoms with Crippen molar-refractivity contribution < 1.29 is 4.79 Å². The predicted octanol–water partition coefficient (Wildman–Crippen LogP) is 3.43. The zero-order valence-corrected chi connectivity index (χ0v) is 15.6. The molecule has 0 aliphatic rings. The number of nitrogen functional groups attached to an aromatic ring is 1. The normalized spacial score (nSPS) is 9.96. The van der Waals surface area contributed by atoms with E-state index >= 15 is 0 Å². The van der Waals surface area contributed by atoms with E-state index in [-0.39, 0.29) is 11.6 Å². The molecule has 4 N–H and O–H groups in total. The molecule has 0 spiro atoms. The number of nitrogens with zero attached hydrogens (tertiary/aromatic N) is 1. The Morgan fingerprint density at radius 2 is 2.04 bits per heavy atom. The number of hydrogen-bond acceptors (Lipinski definition) is 5. The van der Waals surface area contributed by atoms with E-state index in [1.54, 1.807) is 29.8 Å². The van der Waals surface area contributed by atoms with Gasteiger partial charge in [-0.05, 0) is 55.0 Å². The summed E-state index contributed by atoms with van der Waals surface area (Å²) >= 11 is 1.34. The van der Waals surface area contributed by atoms with Crippen molar-refractivity contribution in [3.8, 4) is 11.8 Å².